The lowest BCUT2D eigenvalue weighted by Gasteiger charge is -2.14. The first-order valence-corrected chi connectivity index (χ1v) is 14.5. The van der Waals surface area contributed by atoms with Crippen molar-refractivity contribution in [2.45, 2.75) is 54.6 Å². The van der Waals surface area contributed by atoms with Crippen LogP contribution in [0.4, 0.5) is 0 Å². The predicted molar refractivity (Wildman–Crippen MR) is 174 cm³/mol. The third-order valence-electron chi connectivity index (χ3n) is 8.87. The number of hydrogen-bond donors (Lipinski definition) is 0. The van der Waals surface area contributed by atoms with Gasteiger partial charge in [-0.05, 0) is 123 Å². The Hall–Kier alpha value is -4.30. The van der Waals surface area contributed by atoms with Crippen LogP contribution in [-0.4, -0.2) is 9.13 Å². The fraction of sp³-hybridized carbons (Fsp3) is 0.211. The van der Waals surface area contributed by atoms with Gasteiger partial charge in [0, 0.05) is 56.7 Å². The fourth-order valence-electron chi connectivity index (χ4n) is 6.89. The van der Waals surface area contributed by atoms with Crippen molar-refractivity contribution in [1.29, 1.82) is 0 Å². The lowest BCUT2D eigenvalue weighted by atomic mass is 9.91. The van der Waals surface area contributed by atoms with Gasteiger partial charge in [-0.1, -0.05) is 47.5 Å². The van der Waals surface area contributed by atoms with E-state index in [1.165, 1.54) is 88.1 Å². The Bertz CT molecular complexity index is 1960. The highest BCUT2D eigenvalue weighted by atomic mass is 15.0. The summed E-state index contributed by atoms with van der Waals surface area (Å²) in [6.45, 7) is 15.3. The highest BCUT2D eigenvalue weighted by Crippen LogP contribution is 2.38. The average Bonchev–Trinajstić information content (AvgIpc) is 3.44. The quantitative estimate of drug-likeness (QED) is 0.218. The van der Waals surface area contributed by atoms with Gasteiger partial charge in [0.1, 0.15) is 0 Å². The largest absolute Gasteiger partial charge is 0.341 e. The second-order valence-corrected chi connectivity index (χ2v) is 11.5. The van der Waals surface area contributed by atoms with E-state index in [0.29, 0.717) is 0 Å². The van der Waals surface area contributed by atoms with Crippen LogP contribution in [0.5, 0.6) is 0 Å². The molecule has 0 spiro atoms. The highest BCUT2D eigenvalue weighted by molar-refractivity contribution is 6.11. The van der Waals surface area contributed by atoms with E-state index < -0.39 is 0 Å². The van der Waals surface area contributed by atoms with Crippen LogP contribution in [-0.2, 0) is 13.1 Å². The summed E-state index contributed by atoms with van der Waals surface area (Å²) >= 11 is 0. The van der Waals surface area contributed by atoms with Crippen LogP contribution < -0.4 is 0 Å². The molecule has 0 aliphatic rings. The summed E-state index contributed by atoms with van der Waals surface area (Å²) in [5.41, 5.74) is 15.7. The van der Waals surface area contributed by atoms with Crippen molar-refractivity contribution in [3.05, 3.63) is 107 Å². The molecule has 198 valence electrons. The molecule has 2 aromatic heterocycles. The van der Waals surface area contributed by atoms with E-state index in [1.54, 1.807) is 0 Å². The Morgan fingerprint density at radius 2 is 0.775 bits per heavy atom. The van der Waals surface area contributed by atoms with Gasteiger partial charge in [0.2, 0.25) is 0 Å². The molecule has 0 aliphatic heterocycles. The van der Waals surface area contributed by atoms with Gasteiger partial charge < -0.3 is 9.13 Å². The molecule has 0 unspecified atom stereocenters. The molecule has 0 saturated carbocycles. The van der Waals surface area contributed by atoms with Crippen molar-refractivity contribution in [2.75, 3.05) is 0 Å². The number of aromatic nitrogens is 2. The Balaban J connectivity index is 1.38. The van der Waals surface area contributed by atoms with Crippen LogP contribution in [0.1, 0.15) is 36.1 Å². The van der Waals surface area contributed by atoms with Crippen molar-refractivity contribution in [1.82, 2.24) is 9.13 Å². The Labute approximate surface area is 236 Å². The summed E-state index contributed by atoms with van der Waals surface area (Å²) < 4.78 is 4.87. The number of benzene rings is 5. The Kier molecular flexibility index (Phi) is 5.64. The molecular weight excluding hydrogens is 484 g/mol. The first-order chi connectivity index (χ1) is 19.4. The molecule has 0 bridgehead atoms. The van der Waals surface area contributed by atoms with Gasteiger partial charge in [-0.2, -0.15) is 0 Å². The number of hydrogen-bond acceptors (Lipinski definition) is 0. The summed E-state index contributed by atoms with van der Waals surface area (Å²) in [6.07, 6.45) is 0. The third-order valence-corrected chi connectivity index (χ3v) is 8.87. The van der Waals surface area contributed by atoms with Gasteiger partial charge in [-0.3, -0.25) is 0 Å². The van der Waals surface area contributed by atoms with Gasteiger partial charge in [-0.15, -0.1) is 0 Å². The van der Waals surface area contributed by atoms with E-state index in [-0.39, 0.29) is 0 Å². The Morgan fingerprint density at radius 3 is 1.15 bits per heavy atom. The van der Waals surface area contributed by atoms with Gasteiger partial charge in [0.25, 0.3) is 0 Å². The number of rotatable bonds is 4. The van der Waals surface area contributed by atoms with Crippen LogP contribution in [0.25, 0.3) is 65.9 Å². The molecule has 0 fully saturated rings. The summed E-state index contributed by atoms with van der Waals surface area (Å²) in [5.74, 6) is 0. The normalized spacial score (nSPS) is 11.9. The predicted octanol–water partition coefficient (Wildman–Crippen LogP) is 10.5. The van der Waals surface area contributed by atoms with Crippen LogP contribution >= 0.6 is 0 Å². The van der Waals surface area contributed by atoms with E-state index in [2.05, 4.69) is 136 Å². The zero-order valence-electron chi connectivity index (χ0n) is 24.4. The minimum atomic E-state index is 0.968. The van der Waals surface area contributed by atoms with Crippen molar-refractivity contribution < 1.29 is 0 Å². The monoisotopic (exact) mass is 520 g/mol. The van der Waals surface area contributed by atoms with Crippen LogP contribution in [0.2, 0.25) is 0 Å². The topological polar surface area (TPSA) is 9.86 Å². The van der Waals surface area contributed by atoms with Crippen LogP contribution in [0.3, 0.4) is 0 Å². The highest BCUT2D eigenvalue weighted by Gasteiger charge is 2.15. The summed E-state index contributed by atoms with van der Waals surface area (Å²) in [5, 5.41) is 5.37. The Morgan fingerprint density at radius 1 is 0.425 bits per heavy atom. The van der Waals surface area contributed by atoms with E-state index in [9.17, 15) is 0 Å². The fourth-order valence-corrected chi connectivity index (χ4v) is 6.89. The molecule has 0 radical (unpaired) electrons. The third kappa shape index (κ3) is 3.63. The minimum Gasteiger partial charge on any atom is -0.341 e. The molecule has 2 heteroatoms. The van der Waals surface area contributed by atoms with Crippen molar-refractivity contribution in [3.8, 4) is 22.3 Å². The molecule has 0 saturated heterocycles. The standard InChI is InChI=1S/C38H36N2/c1-7-39-35-13-9-23(3)17-31(35)33-21-27(11-15-37(33)39)29-19-26(6)30(20-25(29)5)28-12-16-38-34(22-28)32-18-24(4)10-14-36(32)40(38)8-2/h9-22H,7-8H2,1-6H3. The maximum absolute atomic E-state index is 2.43. The van der Waals surface area contributed by atoms with Gasteiger partial charge in [0.15, 0.2) is 0 Å². The molecular formula is C38H36N2. The molecule has 0 aliphatic carbocycles. The van der Waals surface area contributed by atoms with E-state index in [1.807, 2.05) is 0 Å². The van der Waals surface area contributed by atoms with Crippen molar-refractivity contribution in [2.24, 2.45) is 0 Å². The molecule has 2 heterocycles. The molecule has 2 nitrogen and oxygen atoms in total. The molecule has 7 rings (SSSR count). The zero-order chi connectivity index (χ0) is 27.7. The molecule has 0 N–H and O–H groups in total. The van der Waals surface area contributed by atoms with Gasteiger partial charge >= 0.3 is 0 Å². The van der Waals surface area contributed by atoms with E-state index >= 15 is 0 Å². The van der Waals surface area contributed by atoms with Crippen molar-refractivity contribution >= 4 is 43.6 Å². The first-order valence-electron chi connectivity index (χ1n) is 14.5. The molecule has 40 heavy (non-hydrogen) atoms. The summed E-state index contributed by atoms with van der Waals surface area (Å²) in [6, 6.07) is 32.5. The molecule has 0 atom stereocenters. The number of aryl methyl sites for hydroxylation is 6. The zero-order valence-corrected chi connectivity index (χ0v) is 24.4. The van der Waals surface area contributed by atoms with E-state index in [0.717, 1.165) is 13.1 Å². The summed E-state index contributed by atoms with van der Waals surface area (Å²) in [4.78, 5) is 0. The molecule has 5 aromatic carbocycles. The first kappa shape index (κ1) is 24.7. The SMILES string of the molecule is CCn1c2ccc(C)cc2c2cc(-c3cc(C)c(-c4ccc5c(c4)c4cc(C)ccc4n5CC)cc3C)ccc21. The second kappa shape index (κ2) is 9.13. The van der Waals surface area contributed by atoms with Gasteiger partial charge in [-0.25, -0.2) is 0 Å². The maximum atomic E-state index is 2.43. The number of nitrogens with zero attached hydrogens (tertiary/aromatic N) is 2. The lowest BCUT2D eigenvalue weighted by molar-refractivity contribution is 0.827. The number of fused-ring (bicyclic) bond motifs is 6. The van der Waals surface area contributed by atoms with E-state index in [4.69, 9.17) is 0 Å². The van der Waals surface area contributed by atoms with Crippen molar-refractivity contribution in [3.63, 3.8) is 0 Å². The smallest absolute Gasteiger partial charge is 0.0491 e. The second-order valence-electron chi connectivity index (χ2n) is 11.5. The van der Waals surface area contributed by atoms with Crippen LogP contribution in [0, 0.1) is 27.7 Å². The van der Waals surface area contributed by atoms with Gasteiger partial charge in [0.05, 0.1) is 0 Å². The lowest BCUT2D eigenvalue weighted by Crippen LogP contribution is -1.94. The van der Waals surface area contributed by atoms with Crippen LogP contribution in [0.15, 0.2) is 84.9 Å². The average molecular weight is 521 g/mol. The maximum Gasteiger partial charge on any atom is 0.0491 e. The molecule has 7 aromatic rings. The minimum absolute atomic E-state index is 0.968. The molecule has 0 amide bonds. The summed E-state index contributed by atoms with van der Waals surface area (Å²) in [7, 11) is 0.